The van der Waals surface area contributed by atoms with E-state index in [0.29, 0.717) is 23.0 Å². The number of alkyl halides is 3. The molecule has 1 rings (SSSR count). The summed E-state index contributed by atoms with van der Waals surface area (Å²) in [5.41, 5.74) is 0.852. The number of nitrogens with one attached hydrogen (secondary N) is 1. The monoisotopic (exact) mass is 313 g/mol. The zero-order valence-electron chi connectivity index (χ0n) is 10.5. The number of benzene rings is 1. The molecule has 1 aromatic rings. The van der Waals surface area contributed by atoms with E-state index in [4.69, 9.17) is 23.2 Å². The summed E-state index contributed by atoms with van der Waals surface area (Å²) in [7, 11) is 0. The third-order valence-electron chi connectivity index (χ3n) is 2.76. The molecule has 0 heterocycles. The first-order valence-electron chi connectivity index (χ1n) is 6.04. The molecule has 0 fully saturated rings. The third kappa shape index (κ3) is 6.50. The van der Waals surface area contributed by atoms with E-state index in [1.54, 1.807) is 18.2 Å². The molecule has 0 aliphatic rings. The molecule has 0 aromatic heterocycles. The summed E-state index contributed by atoms with van der Waals surface area (Å²) in [5, 5.41) is 4.33. The average Bonchev–Trinajstić information content (AvgIpc) is 2.30. The first-order valence-corrected chi connectivity index (χ1v) is 6.80. The highest BCUT2D eigenvalue weighted by Crippen LogP contribution is 2.26. The highest BCUT2D eigenvalue weighted by atomic mass is 35.5. The average molecular weight is 314 g/mol. The van der Waals surface area contributed by atoms with Crippen molar-refractivity contribution >= 4 is 23.2 Å². The van der Waals surface area contributed by atoms with Gasteiger partial charge in [0.1, 0.15) is 0 Å². The predicted molar refractivity (Wildman–Crippen MR) is 72.8 cm³/mol. The molecule has 0 saturated heterocycles. The normalized spacial score (nSPS) is 13.6. The number of unbranched alkanes of at least 4 members (excludes halogenated alkanes) is 1. The van der Waals surface area contributed by atoms with Gasteiger partial charge < -0.3 is 5.32 Å². The molecule has 0 aliphatic heterocycles. The molecular weight excluding hydrogens is 298 g/mol. The molecule has 6 heteroatoms. The van der Waals surface area contributed by atoms with E-state index >= 15 is 0 Å². The molecule has 0 aliphatic carbocycles. The highest BCUT2D eigenvalue weighted by Gasteiger charge is 2.25. The number of halogens is 5. The van der Waals surface area contributed by atoms with E-state index in [9.17, 15) is 13.2 Å². The fraction of sp³-hybridized carbons (Fsp3) is 0.538. The van der Waals surface area contributed by atoms with Crippen LogP contribution in [0, 0.1) is 0 Å². The maximum atomic E-state index is 12.0. The van der Waals surface area contributed by atoms with Crippen molar-refractivity contribution in [3.8, 4) is 0 Å². The van der Waals surface area contributed by atoms with Gasteiger partial charge in [0.05, 0.1) is 0 Å². The molecule has 1 nitrogen and oxygen atoms in total. The van der Waals surface area contributed by atoms with Crippen LogP contribution in [0.1, 0.15) is 37.8 Å². The molecule has 0 bridgehead atoms. The van der Waals surface area contributed by atoms with E-state index in [0.717, 1.165) is 5.56 Å². The van der Waals surface area contributed by atoms with Crippen LogP contribution in [0.3, 0.4) is 0 Å². The van der Waals surface area contributed by atoms with Gasteiger partial charge in [-0.2, -0.15) is 13.2 Å². The van der Waals surface area contributed by atoms with E-state index in [2.05, 4.69) is 5.32 Å². The molecule has 0 spiro atoms. The summed E-state index contributed by atoms with van der Waals surface area (Å²) in [6.45, 7) is 2.42. The largest absolute Gasteiger partial charge is 0.389 e. The van der Waals surface area contributed by atoms with Crippen molar-refractivity contribution in [1.82, 2.24) is 5.32 Å². The van der Waals surface area contributed by atoms with Gasteiger partial charge in [-0.05, 0) is 50.1 Å². The number of rotatable bonds is 6. The first-order chi connectivity index (χ1) is 8.79. The van der Waals surface area contributed by atoms with Crippen molar-refractivity contribution in [3.05, 3.63) is 33.8 Å². The van der Waals surface area contributed by atoms with Crippen LogP contribution in [0.15, 0.2) is 18.2 Å². The topological polar surface area (TPSA) is 12.0 Å². The molecule has 108 valence electrons. The second-order valence-corrected chi connectivity index (χ2v) is 5.26. The summed E-state index contributed by atoms with van der Waals surface area (Å²) in [4.78, 5) is 0. The minimum Gasteiger partial charge on any atom is -0.310 e. The van der Waals surface area contributed by atoms with E-state index < -0.39 is 12.6 Å². The Morgan fingerprint density at radius 1 is 1.21 bits per heavy atom. The molecule has 1 atom stereocenters. The maximum absolute atomic E-state index is 12.0. The Balaban J connectivity index is 2.35. The summed E-state index contributed by atoms with van der Waals surface area (Å²) in [6.07, 6.45) is -4.20. The Morgan fingerprint density at radius 2 is 1.89 bits per heavy atom. The highest BCUT2D eigenvalue weighted by molar-refractivity contribution is 6.33. The maximum Gasteiger partial charge on any atom is 0.389 e. The molecule has 0 saturated carbocycles. The Hall–Kier alpha value is -0.450. The fourth-order valence-electron chi connectivity index (χ4n) is 1.73. The van der Waals surface area contributed by atoms with Gasteiger partial charge in [-0.3, -0.25) is 0 Å². The van der Waals surface area contributed by atoms with Crippen molar-refractivity contribution in [2.24, 2.45) is 0 Å². The summed E-state index contributed by atoms with van der Waals surface area (Å²) in [5.74, 6) is 0. The molecule has 0 radical (unpaired) electrons. The standard InChI is InChI=1S/C13H16Cl2F3N/c1-9(11-8-10(14)4-5-12(11)15)19-7-3-2-6-13(16,17)18/h4-5,8-9,19H,2-3,6-7H2,1H3. The van der Waals surface area contributed by atoms with E-state index in [1.165, 1.54) is 0 Å². The zero-order valence-corrected chi connectivity index (χ0v) is 12.0. The van der Waals surface area contributed by atoms with Crippen molar-refractivity contribution in [2.45, 2.75) is 38.4 Å². The van der Waals surface area contributed by atoms with Crippen molar-refractivity contribution in [3.63, 3.8) is 0 Å². The van der Waals surface area contributed by atoms with Gasteiger partial charge in [0.2, 0.25) is 0 Å². The fourth-order valence-corrected chi connectivity index (χ4v) is 2.19. The van der Waals surface area contributed by atoms with Crippen LogP contribution in [0.4, 0.5) is 13.2 Å². The van der Waals surface area contributed by atoms with Crippen molar-refractivity contribution in [2.75, 3.05) is 6.54 Å². The van der Waals surface area contributed by atoms with Crippen LogP contribution in [-0.2, 0) is 0 Å². The van der Waals surface area contributed by atoms with E-state index in [-0.39, 0.29) is 12.5 Å². The number of hydrogen-bond donors (Lipinski definition) is 1. The molecule has 1 aromatic carbocycles. The van der Waals surface area contributed by atoms with Crippen LogP contribution in [0.25, 0.3) is 0 Å². The summed E-state index contributed by atoms with van der Waals surface area (Å²) in [6, 6.07) is 5.12. The lowest BCUT2D eigenvalue weighted by atomic mass is 10.1. The molecule has 1 N–H and O–H groups in total. The number of hydrogen-bond acceptors (Lipinski definition) is 1. The van der Waals surface area contributed by atoms with Crippen LogP contribution in [0.2, 0.25) is 10.0 Å². The molecule has 1 unspecified atom stereocenters. The summed E-state index contributed by atoms with van der Waals surface area (Å²) < 4.78 is 35.9. The van der Waals surface area contributed by atoms with Gasteiger partial charge >= 0.3 is 6.18 Å². The molecule has 0 amide bonds. The van der Waals surface area contributed by atoms with Crippen molar-refractivity contribution < 1.29 is 13.2 Å². The minimum absolute atomic E-state index is 0.0444. The van der Waals surface area contributed by atoms with Crippen LogP contribution >= 0.6 is 23.2 Å². The lowest BCUT2D eigenvalue weighted by Gasteiger charge is -2.16. The van der Waals surface area contributed by atoms with E-state index in [1.807, 2.05) is 6.92 Å². The van der Waals surface area contributed by atoms with Crippen LogP contribution in [0.5, 0.6) is 0 Å². The predicted octanol–water partition coefficient (Wildman–Crippen LogP) is 5.38. The van der Waals surface area contributed by atoms with Gasteiger partial charge in [0, 0.05) is 22.5 Å². The second-order valence-electron chi connectivity index (χ2n) is 4.41. The van der Waals surface area contributed by atoms with Gasteiger partial charge in [-0.25, -0.2) is 0 Å². The third-order valence-corrected chi connectivity index (χ3v) is 3.34. The molecular formula is C13H16Cl2F3N. The van der Waals surface area contributed by atoms with Gasteiger partial charge in [0.25, 0.3) is 0 Å². The van der Waals surface area contributed by atoms with Gasteiger partial charge in [-0.1, -0.05) is 23.2 Å². The second kappa shape index (κ2) is 7.36. The van der Waals surface area contributed by atoms with Crippen LogP contribution in [-0.4, -0.2) is 12.7 Å². The zero-order chi connectivity index (χ0) is 14.5. The Morgan fingerprint density at radius 3 is 2.53 bits per heavy atom. The van der Waals surface area contributed by atoms with Gasteiger partial charge in [-0.15, -0.1) is 0 Å². The van der Waals surface area contributed by atoms with Crippen molar-refractivity contribution in [1.29, 1.82) is 0 Å². The quantitative estimate of drug-likeness (QED) is 0.695. The smallest absolute Gasteiger partial charge is 0.310 e. The Bertz CT molecular complexity index is 407. The SMILES string of the molecule is CC(NCCCCC(F)(F)F)c1cc(Cl)ccc1Cl. The lowest BCUT2D eigenvalue weighted by Crippen LogP contribution is -2.20. The lowest BCUT2D eigenvalue weighted by molar-refractivity contribution is -0.135. The van der Waals surface area contributed by atoms with Gasteiger partial charge in [0.15, 0.2) is 0 Å². The Kier molecular flexibility index (Phi) is 6.43. The molecule has 19 heavy (non-hydrogen) atoms. The summed E-state index contributed by atoms with van der Waals surface area (Å²) >= 11 is 11.9. The first kappa shape index (κ1) is 16.6. The Labute approximate surface area is 121 Å². The van der Waals surface area contributed by atoms with Crippen LogP contribution < -0.4 is 5.32 Å². The minimum atomic E-state index is -4.07.